The molecule has 1 N–H and O–H groups in total. The highest BCUT2D eigenvalue weighted by Gasteiger charge is 2.24. The number of anilines is 1. The number of rotatable bonds is 4. The van der Waals surface area contributed by atoms with Crippen molar-refractivity contribution in [3.63, 3.8) is 0 Å². The van der Waals surface area contributed by atoms with E-state index in [1.807, 2.05) is 42.5 Å². The van der Waals surface area contributed by atoms with Gasteiger partial charge in [0.2, 0.25) is 0 Å². The minimum absolute atomic E-state index is 0.196. The normalized spacial score (nSPS) is 17.0. The first kappa shape index (κ1) is 17.2. The number of benzene rings is 1. The van der Waals surface area contributed by atoms with Crippen molar-refractivity contribution in [2.45, 2.75) is 6.42 Å². The number of nitrogens with one attached hydrogen (secondary N) is 1. The zero-order valence-electron chi connectivity index (χ0n) is 14.0. The van der Waals surface area contributed by atoms with Crippen LogP contribution in [0.4, 0.5) is 5.69 Å². The fourth-order valence-corrected chi connectivity index (χ4v) is 3.77. The molecular weight excluding hydrogens is 371 g/mol. The second-order valence-electron chi connectivity index (χ2n) is 6.47. The van der Waals surface area contributed by atoms with Gasteiger partial charge in [0.25, 0.3) is 5.91 Å². The van der Waals surface area contributed by atoms with Gasteiger partial charge < -0.3 is 10.2 Å². The molecule has 1 aliphatic rings. The first-order valence-corrected chi connectivity index (χ1v) is 9.29. The maximum atomic E-state index is 12.6. The monoisotopic (exact) mass is 388 g/mol. The summed E-state index contributed by atoms with van der Waals surface area (Å²) in [5, 5.41) is 3.97. The molecule has 0 bridgehead atoms. The molecule has 2 aromatic heterocycles. The maximum Gasteiger partial charge on any atom is 0.271 e. The van der Waals surface area contributed by atoms with Crippen LogP contribution in [0.2, 0.25) is 10.2 Å². The average molecular weight is 389 g/mol. The number of carbonyl (C=O) groups excluding carboxylic acids is 1. The molecule has 1 unspecified atom stereocenters. The third-order valence-corrected chi connectivity index (χ3v) is 5.25. The molecule has 26 heavy (non-hydrogen) atoms. The van der Waals surface area contributed by atoms with Gasteiger partial charge in [0.15, 0.2) is 10.8 Å². The van der Waals surface area contributed by atoms with Crippen molar-refractivity contribution in [2.24, 2.45) is 5.92 Å². The summed E-state index contributed by atoms with van der Waals surface area (Å²) in [7, 11) is 0. The number of fused-ring (bicyclic) bond motifs is 1. The molecule has 134 valence electrons. The maximum absolute atomic E-state index is 12.6. The third-order valence-electron chi connectivity index (χ3n) is 4.73. The van der Waals surface area contributed by atoms with Gasteiger partial charge in [-0.1, -0.05) is 29.3 Å². The molecule has 4 rings (SSSR count). The van der Waals surface area contributed by atoms with Crippen molar-refractivity contribution >= 4 is 40.4 Å². The summed E-state index contributed by atoms with van der Waals surface area (Å²) in [5.41, 5.74) is 2.21. The van der Waals surface area contributed by atoms with Crippen LogP contribution in [0, 0.1) is 5.92 Å². The van der Waals surface area contributed by atoms with E-state index in [0.29, 0.717) is 23.8 Å². The average Bonchev–Trinajstić information content (AvgIpc) is 3.24. The van der Waals surface area contributed by atoms with Gasteiger partial charge in [0, 0.05) is 36.5 Å². The minimum atomic E-state index is -0.196. The predicted octanol–water partition coefficient (Wildman–Crippen LogP) is 3.90. The summed E-state index contributed by atoms with van der Waals surface area (Å²) in [6, 6.07) is 13.4. The highest BCUT2D eigenvalue weighted by Crippen LogP contribution is 2.25. The van der Waals surface area contributed by atoms with E-state index in [1.54, 1.807) is 10.6 Å². The number of pyridine rings is 1. The van der Waals surface area contributed by atoms with E-state index in [9.17, 15) is 4.79 Å². The van der Waals surface area contributed by atoms with Gasteiger partial charge >= 0.3 is 0 Å². The molecule has 1 atom stereocenters. The van der Waals surface area contributed by atoms with Crippen LogP contribution in [-0.2, 0) is 0 Å². The SMILES string of the molecule is O=C(NCC1CCN(c2ccc(Cl)cc2)C1)c1c(Cl)nc2ccccn12. The Labute approximate surface area is 161 Å². The second kappa shape index (κ2) is 7.17. The van der Waals surface area contributed by atoms with E-state index in [4.69, 9.17) is 23.2 Å². The van der Waals surface area contributed by atoms with E-state index in [1.165, 1.54) is 0 Å². The van der Waals surface area contributed by atoms with Crippen LogP contribution in [-0.4, -0.2) is 34.9 Å². The van der Waals surface area contributed by atoms with Crippen LogP contribution in [0.5, 0.6) is 0 Å². The molecular formula is C19H18Cl2N4O. The summed E-state index contributed by atoms with van der Waals surface area (Å²) in [5.74, 6) is 0.200. The summed E-state index contributed by atoms with van der Waals surface area (Å²) >= 11 is 12.1. The Balaban J connectivity index is 1.39. The fourth-order valence-electron chi connectivity index (χ4n) is 3.38. The lowest BCUT2D eigenvalue weighted by molar-refractivity contribution is 0.0942. The van der Waals surface area contributed by atoms with Crippen molar-refractivity contribution in [3.05, 3.63) is 64.5 Å². The number of amides is 1. The molecule has 0 saturated carbocycles. The second-order valence-corrected chi connectivity index (χ2v) is 7.26. The zero-order valence-corrected chi connectivity index (χ0v) is 15.5. The molecule has 0 aliphatic carbocycles. The van der Waals surface area contributed by atoms with Crippen molar-refractivity contribution in [3.8, 4) is 0 Å². The Bertz CT molecular complexity index is 938. The summed E-state index contributed by atoms with van der Waals surface area (Å²) in [4.78, 5) is 19.1. The summed E-state index contributed by atoms with van der Waals surface area (Å²) in [6.45, 7) is 2.49. The number of imidazole rings is 1. The predicted molar refractivity (Wildman–Crippen MR) is 104 cm³/mol. The molecule has 3 heterocycles. The van der Waals surface area contributed by atoms with Crippen molar-refractivity contribution < 1.29 is 4.79 Å². The van der Waals surface area contributed by atoms with Crippen LogP contribution in [0.3, 0.4) is 0 Å². The molecule has 7 heteroatoms. The Morgan fingerprint density at radius 1 is 1.19 bits per heavy atom. The standard InChI is InChI=1S/C19H18Cl2N4O/c20-14-4-6-15(7-5-14)24-10-8-13(12-24)11-22-19(26)17-18(21)23-16-3-1-2-9-25(16)17/h1-7,9,13H,8,10-12H2,(H,22,26). The van der Waals surface area contributed by atoms with Gasteiger partial charge in [0.05, 0.1) is 0 Å². The van der Waals surface area contributed by atoms with Crippen LogP contribution in [0.1, 0.15) is 16.9 Å². The summed E-state index contributed by atoms with van der Waals surface area (Å²) in [6.07, 6.45) is 2.82. The van der Waals surface area contributed by atoms with Gasteiger partial charge in [-0.15, -0.1) is 0 Å². The van der Waals surface area contributed by atoms with Crippen molar-refractivity contribution in [1.82, 2.24) is 14.7 Å². The molecule has 1 aliphatic heterocycles. The van der Waals surface area contributed by atoms with E-state index in [0.717, 1.165) is 30.2 Å². The third kappa shape index (κ3) is 3.37. The lowest BCUT2D eigenvalue weighted by Crippen LogP contribution is -2.31. The first-order chi connectivity index (χ1) is 12.6. The lowest BCUT2D eigenvalue weighted by Gasteiger charge is -2.19. The summed E-state index contributed by atoms with van der Waals surface area (Å²) < 4.78 is 1.71. The molecule has 0 radical (unpaired) electrons. The van der Waals surface area contributed by atoms with E-state index in [2.05, 4.69) is 15.2 Å². The van der Waals surface area contributed by atoms with Crippen LogP contribution in [0.25, 0.3) is 5.65 Å². The lowest BCUT2D eigenvalue weighted by atomic mass is 10.1. The van der Waals surface area contributed by atoms with Gasteiger partial charge in [-0.2, -0.15) is 0 Å². The van der Waals surface area contributed by atoms with E-state index in [-0.39, 0.29) is 11.1 Å². The Kier molecular flexibility index (Phi) is 4.74. The number of carbonyl (C=O) groups is 1. The highest BCUT2D eigenvalue weighted by atomic mass is 35.5. The van der Waals surface area contributed by atoms with E-state index >= 15 is 0 Å². The number of aromatic nitrogens is 2. The number of hydrogen-bond acceptors (Lipinski definition) is 3. The van der Waals surface area contributed by atoms with Gasteiger partial charge in [-0.3, -0.25) is 9.20 Å². The number of nitrogens with zero attached hydrogens (tertiary/aromatic N) is 3. The zero-order chi connectivity index (χ0) is 18.1. The smallest absolute Gasteiger partial charge is 0.271 e. The molecule has 5 nitrogen and oxygen atoms in total. The van der Waals surface area contributed by atoms with Crippen molar-refractivity contribution in [2.75, 3.05) is 24.5 Å². The van der Waals surface area contributed by atoms with E-state index < -0.39 is 0 Å². The Morgan fingerprint density at radius 2 is 2.00 bits per heavy atom. The fraction of sp³-hybridized carbons (Fsp3) is 0.263. The number of halogens is 2. The van der Waals surface area contributed by atoms with Crippen LogP contribution in [0.15, 0.2) is 48.7 Å². The molecule has 1 fully saturated rings. The topological polar surface area (TPSA) is 49.6 Å². The first-order valence-electron chi connectivity index (χ1n) is 8.53. The highest BCUT2D eigenvalue weighted by molar-refractivity contribution is 6.32. The molecule has 0 spiro atoms. The van der Waals surface area contributed by atoms with Crippen LogP contribution >= 0.6 is 23.2 Å². The molecule has 1 saturated heterocycles. The Hall–Kier alpha value is -2.24. The van der Waals surface area contributed by atoms with Gasteiger partial charge in [0.1, 0.15) is 5.65 Å². The molecule has 1 aromatic carbocycles. The molecule has 1 amide bonds. The largest absolute Gasteiger partial charge is 0.371 e. The quantitative estimate of drug-likeness (QED) is 0.737. The minimum Gasteiger partial charge on any atom is -0.371 e. The Morgan fingerprint density at radius 3 is 2.81 bits per heavy atom. The molecule has 3 aromatic rings. The van der Waals surface area contributed by atoms with Gasteiger partial charge in [-0.05, 0) is 48.7 Å². The van der Waals surface area contributed by atoms with Gasteiger partial charge in [-0.25, -0.2) is 4.98 Å². The van der Waals surface area contributed by atoms with Crippen LogP contribution < -0.4 is 10.2 Å². The number of hydrogen-bond donors (Lipinski definition) is 1. The van der Waals surface area contributed by atoms with Crippen molar-refractivity contribution in [1.29, 1.82) is 0 Å².